The van der Waals surface area contributed by atoms with Crippen LogP contribution in [-0.4, -0.2) is 33.3 Å². The number of alkyl halides is 2. The molecule has 0 bridgehead atoms. The molecule has 0 saturated carbocycles. The lowest BCUT2D eigenvalue weighted by Gasteiger charge is -2.21. The molecule has 1 aromatic heterocycles. The van der Waals surface area contributed by atoms with Gasteiger partial charge in [0.25, 0.3) is 5.92 Å². The van der Waals surface area contributed by atoms with Crippen LogP contribution in [-0.2, 0) is 4.74 Å². The first kappa shape index (κ1) is 12.9. The van der Waals surface area contributed by atoms with E-state index in [4.69, 9.17) is 15.6 Å². The van der Waals surface area contributed by atoms with Crippen molar-refractivity contribution in [2.24, 2.45) is 5.92 Å². The van der Waals surface area contributed by atoms with Gasteiger partial charge in [0.1, 0.15) is 5.82 Å². The molecule has 2 rings (SSSR count). The van der Waals surface area contributed by atoms with E-state index in [1.165, 1.54) is 13.0 Å². The van der Waals surface area contributed by atoms with Gasteiger partial charge in [0, 0.05) is 6.20 Å². The zero-order chi connectivity index (χ0) is 13.5. The highest BCUT2D eigenvalue weighted by molar-refractivity contribution is 5.23. The van der Waals surface area contributed by atoms with Crippen molar-refractivity contribution >= 4 is 5.82 Å². The van der Waals surface area contributed by atoms with Crippen molar-refractivity contribution in [1.29, 1.82) is 0 Å². The van der Waals surface area contributed by atoms with Gasteiger partial charge in [-0.25, -0.2) is 13.6 Å². The van der Waals surface area contributed by atoms with E-state index in [0.29, 0.717) is 4.57 Å². The lowest BCUT2D eigenvalue weighted by Crippen LogP contribution is -2.37. The number of nitrogen functional groups attached to an aromatic ring is 1. The van der Waals surface area contributed by atoms with Crippen LogP contribution in [0.3, 0.4) is 0 Å². The van der Waals surface area contributed by atoms with Crippen molar-refractivity contribution in [1.82, 2.24) is 9.55 Å². The minimum Gasteiger partial charge on any atom is -0.394 e. The first-order valence-corrected chi connectivity index (χ1v) is 5.36. The van der Waals surface area contributed by atoms with Crippen molar-refractivity contribution in [3.8, 4) is 0 Å². The highest BCUT2D eigenvalue weighted by Gasteiger charge is 2.57. The second kappa shape index (κ2) is 4.29. The molecule has 3 atom stereocenters. The molecule has 8 heteroatoms. The highest BCUT2D eigenvalue weighted by atomic mass is 19.3. The number of anilines is 1. The maximum absolute atomic E-state index is 14.0. The summed E-state index contributed by atoms with van der Waals surface area (Å²) in [5.41, 5.74) is 4.37. The van der Waals surface area contributed by atoms with E-state index in [-0.39, 0.29) is 5.82 Å². The quantitative estimate of drug-likeness (QED) is 0.781. The average molecular weight is 261 g/mol. The monoisotopic (exact) mass is 261 g/mol. The second-order valence-electron chi connectivity index (χ2n) is 4.21. The van der Waals surface area contributed by atoms with E-state index in [1.807, 2.05) is 0 Å². The van der Waals surface area contributed by atoms with Crippen molar-refractivity contribution in [2.45, 2.75) is 25.2 Å². The topological polar surface area (TPSA) is 90.4 Å². The molecule has 100 valence electrons. The number of hydrogen-bond acceptors (Lipinski definition) is 5. The summed E-state index contributed by atoms with van der Waals surface area (Å²) >= 11 is 0. The average Bonchev–Trinajstić information content (AvgIpc) is 2.52. The van der Waals surface area contributed by atoms with E-state index in [1.54, 1.807) is 0 Å². The van der Waals surface area contributed by atoms with Gasteiger partial charge in [0.15, 0.2) is 0 Å². The van der Waals surface area contributed by atoms with Crippen LogP contribution in [0.15, 0.2) is 17.1 Å². The standard InChI is InChI=1S/C10H13F2N3O3/c1-5-6(4-16)18-8(10(5,11)12)15-3-2-7(13)14-9(15)17/h2-3,5-6,8,16H,4H2,1H3,(H2,13,14,17)/t5-,6+,8+/m0/s1. The normalized spacial score (nSPS) is 30.6. The van der Waals surface area contributed by atoms with Crippen LogP contribution < -0.4 is 11.4 Å². The predicted octanol–water partition coefficient (Wildman–Crippen LogP) is -0.0134. The molecule has 0 aromatic carbocycles. The molecule has 0 unspecified atom stereocenters. The second-order valence-corrected chi connectivity index (χ2v) is 4.21. The van der Waals surface area contributed by atoms with Gasteiger partial charge in [-0.2, -0.15) is 4.98 Å². The lowest BCUT2D eigenvalue weighted by molar-refractivity contribution is -0.126. The molecule has 6 nitrogen and oxygen atoms in total. The third kappa shape index (κ3) is 1.87. The number of halogens is 2. The van der Waals surface area contributed by atoms with E-state index < -0.39 is 36.5 Å². The van der Waals surface area contributed by atoms with E-state index >= 15 is 0 Å². The molecule has 3 N–H and O–H groups in total. The van der Waals surface area contributed by atoms with Gasteiger partial charge in [0.2, 0.25) is 6.23 Å². The van der Waals surface area contributed by atoms with Gasteiger partial charge in [0.05, 0.1) is 18.6 Å². The van der Waals surface area contributed by atoms with Crippen LogP contribution in [0.1, 0.15) is 13.2 Å². The molecule has 2 heterocycles. The van der Waals surface area contributed by atoms with E-state index in [0.717, 1.165) is 6.20 Å². The van der Waals surface area contributed by atoms with Gasteiger partial charge in [-0.15, -0.1) is 0 Å². The zero-order valence-electron chi connectivity index (χ0n) is 9.59. The Labute approximate surface area is 101 Å². The molecule has 18 heavy (non-hydrogen) atoms. The SMILES string of the molecule is C[C@H]1[C@@H](CO)O[C@@H](n2ccc(N)nc2=O)C1(F)F. The summed E-state index contributed by atoms with van der Waals surface area (Å²) in [7, 11) is 0. The number of nitrogens with zero attached hydrogens (tertiary/aromatic N) is 2. The Morgan fingerprint density at radius 1 is 1.67 bits per heavy atom. The fraction of sp³-hybridized carbons (Fsp3) is 0.600. The number of aliphatic hydroxyl groups excluding tert-OH is 1. The molecule has 1 fully saturated rings. The molecule has 0 aliphatic carbocycles. The Bertz CT molecular complexity index is 505. The highest BCUT2D eigenvalue weighted by Crippen LogP contribution is 2.45. The Balaban J connectivity index is 2.42. The summed E-state index contributed by atoms with van der Waals surface area (Å²) in [4.78, 5) is 14.9. The van der Waals surface area contributed by atoms with Crippen molar-refractivity contribution in [3.05, 3.63) is 22.7 Å². The van der Waals surface area contributed by atoms with Crippen LogP contribution in [0.5, 0.6) is 0 Å². The van der Waals surface area contributed by atoms with Gasteiger partial charge < -0.3 is 15.6 Å². The van der Waals surface area contributed by atoms with E-state index in [9.17, 15) is 13.6 Å². The number of hydrogen-bond donors (Lipinski definition) is 2. The number of rotatable bonds is 2. The van der Waals surface area contributed by atoms with Crippen LogP contribution >= 0.6 is 0 Å². The predicted molar refractivity (Wildman–Crippen MR) is 58.0 cm³/mol. The van der Waals surface area contributed by atoms with Crippen molar-refractivity contribution in [3.63, 3.8) is 0 Å². The third-order valence-electron chi connectivity index (χ3n) is 3.08. The Kier molecular flexibility index (Phi) is 3.07. The summed E-state index contributed by atoms with van der Waals surface area (Å²) in [5, 5.41) is 8.97. The number of ether oxygens (including phenoxy) is 1. The van der Waals surface area contributed by atoms with E-state index in [2.05, 4.69) is 4.98 Å². The molecule has 0 spiro atoms. The number of nitrogens with two attached hydrogens (primary N) is 1. The third-order valence-corrected chi connectivity index (χ3v) is 3.08. The Morgan fingerprint density at radius 2 is 2.33 bits per heavy atom. The zero-order valence-corrected chi connectivity index (χ0v) is 9.59. The molecule has 0 radical (unpaired) electrons. The molecular weight excluding hydrogens is 248 g/mol. The molecule has 1 aliphatic heterocycles. The fourth-order valence-corrected chi connectivity index (χ4v) is 1.90. The molecule has 1 aromatic rings. The molecule has 1 saturated heterocycles. The fourth-order valence-electron chi connectivity index (χ4n) is 1.90. The largest absolute Gasteiger partial charge is 0.394 e. The van der Waals surface area contributed by atoms with Crippen molar-refractivity contribution < 1.29 is 18.6 Å². The van der Waals surface area contributed by atoms with Gasteiger partial charge >= 0.3 is 5.69 Å². The molecule has 0 amide bonds. The summed E-state index contributed by atoms with van der Waals surface area (Å²) in [6.45, 7) is 0.723. The van der Waals surface area contributed by atoms with Crippen LogP contribution in [0, 0.1) is 5.92 Å². The minimum atomic E-state index is -3.27. The summed E-state index contributed by atoms with van der Waals surface area (Å²) in [6.07, 6.45) is -1.69. The van der Waals surface area contributed by atoms with Crippen molar-refractivity contribution in [2.75, 3.05) is 12.3 Å². The number of aliphatic hydroxyl groups is 1. The first-order valence-electron chi connectivity index (χ1n) is 5.36. The Morgan fingerprint density at radius 3 is 2.83 bits per heavy atom. The van der Waals surface area contributed by atoms with Crippen LogP contribution in [0.4, 0.5) is 14.6 Å². The molecule has 1 aliphatic rings. The van der Waals surface area contributed by atoms with Gasteiger partial charge in [-0.1, -0.05) is 6.92 Å². The van der Waals surface area contributed by atoms with Crippen LogP contribution in [0.25, 0.3) is 0 Å². The van der Waals surface area contributed by atoms with Crippen LogP contribution in [0.2, 0.25) is 0 Å². The van der Waals surface area contributed by atoms with Gasteiger partial charge in [-0.05, 0) is 6.07 Å². The van der Waals surface area contributed by atoms with Gasteiger partial charge in [-0.3, -0.25) is 4.57 Å². The summed E-state index contributed by atoms with van der Waals surface area (Å²) in [5.74, 6) is -4.52. The minimum absolute atomic E-state index is 0.0516. The maximum atomic E-state index is 14.0. The number of aromatic nitrogens is 2. The maximum Gasteiger partial charge on any atom is 0.351 e. The Hall–Kier alpha value is -1.54. The summed E-state index contributed by atoms with van der Waals surface area (Å²) in [6, 6.07) is 1.23. The smallest absolute Gasteiger partial charge is 0.351 e. The summed E-state index contributed by atoms with van der Waals surface area (Å²) < 4.78 is 33.6. The first-order chi connectivity index (χ1) is 8.37. The molecular formula is C10H13F2N3O3. The lowest BCUT2D eigenvalue weighted by atomic mass is 10.00.